The number of benzene rings is 2. The van der Waals surface area contributed by atoms with E-state index in [1.807, 2.05) is 0 Å². The summed E-state index contributed by atoms with van der Waals surface area (Å²) in [5, 5.41) is 10.9. The van der Waals surface area contributed by atoms with Gasteiger partial charge in [0, 0.05) is 12.5 Å². The second-order valence-corrected chi connectivity index (χ2v) is 4.23. The van der Waals surface area contributed by atoms with Crippen molar-refractivity contribution < 1.29 is 14.5 Å². The van der Waals surface area contributed by atoms with E-state index in [2.05, 4.69) is 0 Å². The first kappa shape index (κ1) is 13.7. The molecule has 2 rings (SSSR count). The molecule has 0 atom stereocenters. The van der Waals surface area contributed by atoms with E-state index in [4.69, 9.17) is 4.74 Å². The lowest BCUT2D eigenvalue weighted by atomic mass is 10.0. The lowest BCUT2D eigenvalue weighted by molar-refractivity contribution is -0.385. The molecule has 0 spiro atoms. The molecule has 0 unspecified atom stereocenters. The van der Waals surface area contributed by atoms with Crippen LogP contribution >= 0.6 is 0 Å². The second-order valence-electron chi connectivity index (χ2n) is 4.23. The molecule has 0 aliphatic heterocycles. The van der Waals surface area contributed by atoms with Crippen LogP contribution in [-0.4, -0.2) is 17.8 Å². The molecule has 0 saturated heterocycles. The Balaban J connectivity index is 2.26. The molecule has 0 aliphatic carbocycles. The molecule has 5 nitrogen and oxygen atoms in total. The molecule has 0 amide bonds. The van der Waals surface area contributed by atoms with Crippen LogP contribution in [-0.2, 0) is 6.42 Å². The molecule has 0 aliphatic rings. The average molecular weight is 271 g/mol. The summed E-state index contributed by atoms with van der Waals surface area (Å²) < 4.78 is 5.08. The quantitative estimate of drug-likeness (QED) is 0.476. The maximum Gasteiger partial charge on any atom is 0.280 e. The van der Waals surface area contributed by atoms with Gasteiger partial charge < -0.3 is 4.74 Å². The van der Waals surface area contributed by atoms with Crippen molar-refractivity contribution >= 4 is 11.5 Å². The van der Waals surface area contributed by atoms with Gasteiger partial charge in [-0.3, -0.25) is 14.9 Å². The SMILES string of the molecule is COc1cccc(CC(=O)c2ccccc2[N+](=O)[O-])c1. The van der Waals surface area contributed by atoms with Crippen LogP contribution in [0.2, 0.25) is 0 Å². The Morgan fingerprint density at radius 1 is 1.20 bits per heavy atom. The Morgan fingerprint density at radius 3 is 2.65 bits per heavy atom. The largest absolute Gasteiger partial charge is 0.497 e. The van der Waals surface area contributed by atoms with Gasteiger partial charge in [0.25, 0.3) is 5.69 Å². The smallest absolute Gasteiger partial charge is 0.280 e. The van der Waals surface area contributed by atoms with Gasteiger partial charge in [-0.15, -0.1) is 0 Å². The van der Waals surface area contributed by atoms with Crippen LogP contribution in [0.3, 0.4) is 0 Å². The van der Waals surface area contributed by atoms with Gasteiger partial charge in [0.2, 0.25) is 0 Å². The first-order chi connectivity index (χ1) is 9.61. The lowest BCUT2D eigenvalue weighted by Crippen LogP contribution is -2.07. The molecule has 0 fully saturated rings. The Bertz CT molecular complexity index is 652. The molecule has 0 saturated carbocycles. The second kappa shape index (κ2) is 5.97. The first-order valence-electron chi connectivity index (χ1n) is 6.01. The number of methoxy groups -OCH3 is 1. The van der Waals surface area contributed by atoms with E-state index in [1.165, 1.54) is 12.1 Å². The number of ketones is 1. The van der Waals surface area contributed by atoms with Crippen molar-refractivity contribution in [3.8, 4) is 5.75 Å². The molecule has 0 N–H and O–H groups in total. The maximum atomic E-state index is 12.2. The number of para-hydroxylation sites is 1. The minimum Gasteiger partial charge on any atom is -0.497 e. The molecule has 2 aromatic rings. The molecule has 102 valence electrons. The standard InChI is InChI=1S/C15H13NO4/c1-20-12-6-4-5-11(9-12)10-15(17)13-7-2-3-8-14(13)16(18)19/h2-9H,10H2,1H3. The highest BCUT2D eigenvalue weighted by atomic mass is 16.6. The average Bonchev–Trinajstić information content (AvgIpc) is 2.47. The van der Waals surface area contributed by atoms with Crippen LogP contribution in [0.1, 0.15) is 15.9 Å². The van der Waals surface area contributed by atoms with Crippen molar-refractivity contribution in [3.05, 3.63) is 69.8 Å². The third-order valence-electron chi connectivity index (χ3n) is 2.90. The number of hydrogen-bond donors (Lipinski definition) is 0. The summed E-state index contributed by atoms with van der Waals surface area (Å²) in [5.74, 6) is 0.364. The fourth-order valence-electron chi connectivity index (χ4n) is 1.93. The Kier molecular flexibility index (Phi) is 4.10. The Hall–Kier alpha value is -2.69. The van der Waals surface area contributed by atoms with E-state index in [9.17, 15) is 14.9 Å². The Morgan fingerprint density at radius 2 is 1.95 bits per heavy atom. The summed E-state index contributed by atoms with van der Waals surface area (Å²) in [6.07, 6.45) is 0.0993. The van der Waals surface area contributed by atoms with Crippen LogP contribution in [0.25, 0.3) is 0 Å². The third-order valence-corrected chi connectivity index (χ3v) is 2.90. The number of rotatable bonds is 5. The van der Waals surface area contributed by atoms with Gasteiger partial charge in [-0.1, -0.05) is 24.3 Å². The van der Waals surface area contributed by atoms with E-state index in [-0.39, 0.29) is 23.5 Å². The van der Waals surface area contributed by atoms with Gasteiger partial charge in [-0.2, -0.15) is 0 Å². The van der Waals surface area contributed by atoms with Gasteiger partial charge in [-0.25, -0.2) is 0 Å². The summed E-state index contributed by atoms with van der Waals surface area (Å²) >= 11 is 0. The number of carbonyl (C=O) groups excluding carboxylic acids is 1. The fourth-order valence-corrected chi connectivity index (χ4v) is 1.93. The van der Waals surface area contributed by atoms with Crippen LogP contribution < -0.4 is 4.74 Å². The van der Waals surface area contributed by atoms with E-state index in [1.54, 1.807) is 43.5 Å². The Labute approximate surface area is 116 Å². The van der Waals surface area contributed by atoms with Gasteiger partial charge >= 0.3 is 0 Å². The number of hydrogen-bond acceptors (Lipinski definition) is 4. The lowest BCUT2D eigenvalue weighted by Gasteiger charge is -2.05. The minimum absolute atomic E-state index is 0.0993. The summed E-state index contributed by atoms with van der Waals surface area (Å²) in [4.78, 5) is 22.6. The van der Waals surface area contributed by atoms with Crippen molar-refractivity contribution in [3.63, 3.8) is 0 Å². The maximum absolute atomic E-state index is 12.2. The third kappa shape index (κ3) is 3.00. The number of carbonyl (C=O) groups is 1. The molecule has 0 bridgehead atoms. The zero-order valence-corrected chi connectivity index (χ0v) is 10.9. The van der Waals surface area contributed by atoms with Crippen molar-refractivity contribution in [1.82, 2.24) is 0 Å². The highest BCUT2D eigenvalue weighted by Gasteiger charge is 2.19. The normalized spacial score (nSPS) is 10.1. The van der Waals surface area contributed by atoms with Gasteiger partial charge in [-0.05, 0) is 23.8 Å². The van der Waals surface area contributed by atoms with E-state index < -0.39 is 4.92 Å². The van der Waals surface area contributed by atoms with E-state index in [0.717, 1.165) is 5.56 Å². The monoisotopic (exact) mass is 271 g/mol. The molecule has 0 aromatic heterocycles. The van der Waals surface area contributed by atoms with Gasteiger partial charge in [0.15, 0.2) is 5.78 Å². The molecule has 0 radical (unpaired) electrons. The van der Waals surface area contributed by atoms with Crippen LogP contribution in [0.15, 0.2) is 48.5 Å². The first-order valence-corrected chi connectivity index (χ1v) is 6.01. The van der Waals surface area contributed by atoms with Crippen LogP contribution in [0.4, 0.5) is 5.69 Å². The number of nitro benzene ring substituents is 1. The topological polar surface area (TPSA) is 69.4 Å². The van der Waals surface area contributed by atoms with Crippen molar-refractivity contribution in [2.24, 2.45) is 0 Å². The number of ether oxygens (including phenoxy) is 1. The van der Waals surface area contributed by atoms with E-state index >= 15 is 0 Å². The highest BCUT2D eigenvalue weighted by Crippen LogP contribution is 2.21. The summed E-state index contributed by atoms with van der Waals surface area (Å²) in [7, 11) is 1.54. The predicted molar refractivity (Wildman–Crippen MR) is 74.1 cm³/mol. The van der Waals surface area contributed by atoms with Crippen molar-refractivity contribution in [2.45, 2.75) is 6.42 Å². The zero-order chi connectivity index (χ0) is 14.5. The zero-order valence-electron chi connectivity index (χ0n) is 10.9. The highest BCUT2D eigenvalue weighted by molar-refractivity contribution is 6.01. The number of Topliss-reactive ketones (excluding diaryl/α,β-unsaturated/α-hetero) is 1. The minimum atomic E-state index is -0.543. The van der Waals surface area contributed by atoms with E-state index in [0.29, 0.717) is 5.75 Å². The van der Waals surface area contributed by atoms with Gasteiger partial charge in [0.1, 0.15) is 5.75 Å². The fraction of sp³-hybridized carbons (Fsp3) is 0.133. The van der Waals surface area contributed by atoms with Crippen LogP contribution in [0.5, 0.6) is 5.75 Å². The predicted octanol–water partition coefficient (Wildman–Crippen LogP) is 3.03. The summed E-state index contributed by atoms with van der Waals surface area (Å²) in [6, 6.07) is 13.0. The molecule has 0 heterocycles. The molecular weight excluding hydrogens is 258 g/mol. The molecule has 2 aromatic carbocycles. The van der Waals surface area contributed by atoms with Crippen LogP contribution in [0, 0.1) is 10.1 Å². The van der Waals surface area contributed by atoms with Crippen molar-refractivity contribution in [1.29, 1.82) is 0 Å². The number of nitro groups is 1. The summed E-state index contributed by atoms with van der Waals surface area (Å²) in [6.45, 7) is 0. The molecular formula is C15H13NO4. The number of nitrogens with zero attached hydrogens (tertiary/aromatic N) is 1. The summed E-state index contributed by atoms with van der Waals surface area (Å²) in [5.41, 5.74) is 0.716. The molecule has 20 heavy (non-hydrogen) atoms. The van der Waals surface area contributed by atoms with Gasteiger partial charge in [0.05, 0.1) is 17.6 Å². The van der Waals surface area contributed by atoms with Crippen molar-refractivity contribution in [2.75, 3.05) is 7.11 Å². The molecule has 5 heteroatoms.